The Morgan fingerprint density at radius 2 is 0.937 bits per heavy atom. The first kappa shape index (κ1) is 76.0. The number of nitrogens with one attached hydrogen (secondary N) is 4. The molecule has 95 heavy (non-hydrogen) atoms. The number of hydrogen-bond donors (Lipinski definition) is 6. The van der Waals surface area contributed by atoms with Crippen molar-refractivity contribution in [3.63, 3.8) is 0 Å². The summed E-state index contributed by atoms with van der Waals surface area (Å²) in [5.74, 6) is 6.40. The minimum absolute atomic E-state index is 0.0202. The number of amides is 6. The largest absolute Gasteiger partial charge is 0.393 e. The zero-order valence-corrected chi connectivity index (χ0v) is 57.4. The maximum absolute atomic E-state index is 13.3. The summed E-state index contributed by atoms with van der Waals surface area (Å²) in [6.45, 7) is 12.3. The molecule has 0 bridgehead atoms. The average molecular weight is 1420 g/mol. The molecule has 4 saturated heterocycles. The smallest absolute Gasteiger partial charge is 0.279 e. The lowest BCUT2D eigenvalue weighted by molar-refractivity contribution is -0.204. The number of carbonyl (C=O) groups is 6. The standard InChI is InChI=1S/C31H37N3O7.C18H24IN3O5.C13H14O2.C10H10O2/c1-30(2)39-20-25(40-30)23-15-11-21(12-16-23)9-10-22-13-17-24(18-14-22)27(35)34(5)31(3,28(36)32-4)29(37)33-41-26-8-6-7-19-38-26;1-18(16(24)20-2,17(25)21-27-14-6-4-5-11-26-14)22(3)15(23)12-7-9-13(19)10-8-12;1-4-10-5-7-11(8-6-10)12-9-14-13(2,3)15-12;1-2-8-3-5-9(6-4-8)10(12)7-11/h11-18,25-26H,6-8,19-20H2,1-5H3,(H,32,36)(H,33,37);7-10,14H,4-6,11H2,1-3H3,(H,20,24)(H,21,25);1,5-8,12H,9H2,2-3H3;1,3-6,10-12H,7H2/t25-,26?,31+;14?,18-;;10-/m10.1/s1. The minimum atomic E-state index is -1.88. The molecular formula is C72H85IN6O16. The third-order valence-electron chi connectivity index (χ3n) is 16.0. The topological polar surface area (TPSA) is 271 Å². The van der Waals surface area contributed by atoms with Gasteiger partial charge in [-0.3, -0.25) is 28.8 Å². The molecular weight excluding hydrogens is 1330 g/mol. The van der Waals surface area contributed by atoms with Crippen molar-refractivity contribution < 1.29 is 77.1 Å². The van der Waals surface area contributed by atoms with E-state index in [1.165, 1.54) is 42.0 Å². The highest BCUT2D eigenvalue weighted by Gasteiger charge is 2.49. The highest BCUT2D eigenvalue weighted by molar-refractivity contribution is 14.1. The molecule has 0 aliphatic carbocycles. The molecule has 4 aliphatic heterocycles. The molecule has 23 heteroatoms. The van der Waals surface area contributed by atoms with Crippen molar-refractivity contribution in [2.75, 3.05) is 61.2 Å². The maximum atomic E-state index is 13.3. The Bertz CT molecular complexity index is 3530. The molecule has 4 heterocycles. The lowest BCUT2D eigenvalue weighted by Crippen LogP contribution is -2.65. The Morgan fingerprint density at radius 1 is 0.579 bits per heavy atom. The number of terminal acetylenes is 2. The van der Waals surface area contributed by atoms with Crippen LogP contribution < -0.4 is 21.6 Å². The fourth-order valence-corrected chi connectivity index (χ4v) is 10.1. The summed E-state index contributed by atoms with van der Waals surface area (Å²) in [7, 11) is 5.61. The summed E-state index contributed by atoms with van der Waals surface area (Å²) in [5, 5.41) is 22.7. The van der Waals surface area contributed by atoms with Crippen molar-refractivity contribution in [2.24, 2.45) is 0 Å². The predicted molar refractivity (Wildman–Crippen MR) is 361 cm³/mol. The molecule has 5 aromatic carbocycles. The highest BCUT2D eigenvalue weighted by atomic mass is 127. The summed E-state index contributed by atoms with van der Waals surface area (Å²) in [6.07, 6.45) is 13.3. The number of aliphatic hydroxyl groups is 2. The van der Waals surface area contributed by atoms with Gasteiger partial charge in [0.15, 0.2) is 35.2 Å². The number of rotatable bonds is 16. The molecule has 0 aromatic heterocycles. The predicted octanol–water partition coefficient (Wildman–Crippen LogP) is 7.69. The van der Waals surface area contributed by atoms with E-state index in [1.54, 1.807) is 72.8 Å². The quantitative estimate of drug-likeness (QED) is 0.0239. The molecule has 7 atom stereocenters. The van der Waals surface area contributed by atoms with Crippen molar-refractivity contribution in [3.05, 3.63) is 175 Å². The van der Waals surface area contributed by atoms with Crippen LogP contribution in [0.4, 0.5) is 0 Å². The van der Waals surface area contributed by atoms with Gasteiger partial charge in [0.1, 0.15) is 18.3 Å². The van der Waals surface area contributed by atoms with Crippen LogP contribution in [0.3, 0.4) is 0 Å². The van der Waals surface area contributed by atoms with Gasteiger partial charge in [0.05, 0.1) is 19.8 Å². The lowest BCUT2D eigenvalue weighted by Gasteiger charge is -2.36. The Balaban J connectivity index is 0.000000224. The second kappa shape index (κ2) is 35.6. The lowest BCUT2D eigenvalue weighted by atomic mass is 9.96. The van der Waals surface area contributed by atoms with Gasteiger partial charge in [0.25, 0.3) is 35.4 Å². The van der Waals surface area contributed by atoms with E-state index < -0.39 is 76.8 Å². The first-order chi connectivity index (χ1) is 45.2. The van der Waals surface area contributed by atoms with Crippen LogP contribution in [0.15, 0.2) is 121 Å². The maximum Gasteiger partial charge on any atom is 0.279 e. The van der Waals surface area contributed by atoms with Gasteiger partial charge in [-0.1, -0.05) is 60.1 Å². The summed E-state index contributed by atoms with van der Waals surface area (Å²) in [4.78, 5) is 90.3. The van der Waals surface area contributed by atoms with Crippen LogP contribution in [0.25, 0.3) is 0 Å². The van der Waals surface area contributed by atoms with Crippen LogP contribution in [0.1, 0.15) is 158 Å². The number of nitrogens with zero attached hydrogens (tertiary/aromatic N) is 2. The molecule has 506 valence electrons. The second-order valence-electron chi connectivity index (χ2n) is 23.5. The zero-order valence-electron chi connectivity index (χ0n) is 55.2. The number of hydrogen-bond acceptors (Lipinski definition) is 16. The van der Waals surface area contributed by atoms with E-state index in [4.69, 9.17) is 56.0 Å². The molecule has 22 nitrogen and oxygen atoms in total. The van der Waals surface area contributed by atoms with Crippen LogP contribution in [0.2, 0.25) is 0 Å². The molecule has 9 rings (SSSR count). The van der Waals surface area contributed by atoms with E-state index in [1.807, 2.05) is 76.2 Å². The van der Waals surface area contributed by atoms with Gasteiger partial charge in [0.2, 0.25) is 0 Å². The Labute approximate surface area is 569 Å². The van der Waals surface area contributed by atoms with Gasteiger partial charge in [0, 0.05) is 91.2 Å². The molecule has 0 saturated carbocycles. The first-order valence-electron chi connectivity index (χ1n) is 30.9. The molecule has 3 unspecified atom stereocenters. The van der Waals surface area contributed by atoms with E-state index in [-0.39, 0.29) is 18.8 Å². The molecule has 6 amide bonds. The van der Waals surface area contributed by atoms with Crippen molar-refractivity contribution >= 4 is 58.0 Å². The van der Waals surface area contributed by atoms with E-state index in [0.29, 0.717) is 61.5 Å². The first-order valence-corrected chi connectivity index (χ1v) is 32.0. The summed E-state index contributed by atoms with van der Waals surface area (Å²) in [5.41, 5.74) is 7.59. The normalized spacial score (nSPS) is 19.7. The number of halogens is 1. The SMILES string of the molecule is C#Cc1ccc(C2COC(C)(C)O2)cc1.C#Cc1ccc([C@H](O)CO)cc1.CNC(=O)[C@@](C)(C(=O)NOC1CCCCO1)N(C)C(=O)c1ccc(C#Cc2ccc([C@H]3COC(C)(C)O3)cc2)cc1.CNC(=O)[C@@](C)(C(=O)NOC1CCCCO1)N(C)C(=O)c1ccc(I)cc1. The molecule has 6 N–H and O–H groups in total. The monoisotopic (exact) mass is 1420 g/mol. The number of hydroxylamine groups is 2. The molecule has 0 spiro atoms. The second-order valence-corrected chi connectivity index (χ2v) is 24.8. The van der Waals surface area contributed by atoms with Crippen LogP contribution in [-0.2, 0) is 57.3 Å². The Hall–Kier alpha value is -8.07. The van der Waals surface area contributed by atoms with Gasteiger partial charge in [-0.25, -0.2) is 20.6 Å². The van der Waals surface area contributed by atoms with Gasteiger partial charge >= 0.3 is 0 Å². The van der Waals surface area contributed by atoms with Crippen molar-refractivity contribution in [3.8, 4) is 36.5 Å². The van der Waals surface area contributed by atoms with Crippen molar-refractivity contribution in [1.29, 1.82) is 0 Å². The van der Waals surface area contributed by atoms with Crippen LogP contribution >= 0.6 is 22.6 Å². The third-order valence-corrected chi connectivity index (χ3v) is 16.7. The van der Waals surface area contributed by atoms with E-state index in [2.05, 4.69) is 67.9 Å². The average Bonchev–Trinajstić information content (AvgIpc) is 1.72. The van der Waals surface area contributed by atoms with Gasteiger partial charge in [-0.2, -0.15) is 0 Å². The van der Waals surface area contributed by atoms with Gasteiger partial charge in [-0.05, 0) is 191 Å². The Morgan fingerprint density at radius 3 is 1.26 bits per heavy atom. The minimum Gasteiger partial charge on any atom is -0.393 e. The third kappa shape index (κ3) is 21.2. The fourth-order valence-electron chi connectivity index (χ4n) is 9.76. The number of likely N-dealkylation sites (N-methyl/N-ethyl adjacent to an activating group) is 4. The number of carbonyl (C=O) groups excluding carboxylic acids is 6. The molecule has 4 aliphatic rings. The van der Waals surface area contributed by atoms with Gasteiger partial charge in [-0.15, -0.1) is 12.8 Å². The molecule has 5 aromatic rings. The van der Waals surface area contributed by atoms with Crippen LogP contribution in [0, 0.1) is 40.1 Å². The van der Waals surface area contributed by atoms with E-state index in [0.717, 1.165) is 66.9 Å². The van der Waals surface area contributed by atoms with Crippen molar-refractivity contribution in [2.45, 2.75) is 134 Å². The van der Waals surface area contributed by atoms with Gasteiger partial charge < -0.3 is 59.1 Å². The van der Waals surface area contributed by atoms with E-state index >= 15 is 0 Å². The number of benzene rings is 5. The summed E-state index contributed by atoms with van der Waals surface area (Å²) < 4.78 is 34.6. The molecule has 4 fully saturated rings. The Kier molecular flexibility index (Phi) is 28.5. The number of aliphatic hydroxyl groups excluding tert-OH is 2. The molecule has 0 radical (unpaired) electrons. The van der Waals surface area contributed by atoms with Crippen LogP contribution in [0.5, 0.6) is 0 Å². The fraction of sp³-hybridized carbons (Fsp3) is 0.417. The van der Waals surface area contributed by atoms with Crippen LogP contribution in [-0.4, -0.2) is 152 Å². The highest BCUT2D eigenvalue weighted by Crippen LogP contribution is 2.34. The zero-order chi connectivity index (χ0) is 69.5. The summed E-state index contributed by atoms with van der Waals surface area (Å²) >= 11 is 2.13. The summed E-state index contributed by atoms with van der Waals surface area (Å²) in [6, 6.07) is 36.0. The number of ether oxygens (including phenoxy) is 6. The van der Waals surface area contributed by atoms with E-state index in [9.17, 15) is 33.9 Å². The van der Waals surface area contributed by atoms with Crippen molar-refractivity contribution in [1.82, 2.24) is 31.4 Å².